The Morgan fingerprint density at radius 3 is 2.48 bits per heavy atom. The summed E-state index contributed by atoms with van der Waals surface area (Å²) in [4.78, 5) is 23.9. The molecular weight excluding hydrogens is 578 g/mol. The smallest absolute Gasteiger partial charge is 0.338 e. The molecule has 1 aromatic carbocycles. The number of unbranched alkanes of at least 4 members (excludes halogenated alkanes) is 1. The van der Waals surface area contributed by atoms with Crippen LogP contribution in [0.2, 0.25) is 0 Å². The van der Waals surface area contributed by atoms with Gasteiger partial charge < -0.3 is 25.0 Å². The van der Waals surface area contributed by atoms with E-state index in [1.54, 1.807) is 30.0 Å². The van der Waals surface area contributed by atoms with Gasteiger partial charge in [0.15, 0.2) is 11.5 Å². The molecule has 2 N–H and O–H groups in total. The molecule has 3 aromatic heterocycles. The molecule has 0 amide bonds. The van der Waals surface area contributed by atoms with E-state index in [-0.39, 0.29) is 11.9 Å². The number of fused-ring (bicyclic) bond motifs is 1. The highest BCUT2D eigenvalue weighted by molar-refractivity contribution is 5.90. The second-order valence-electron chi connectivity index (χ2n) is 12.5. The van der Waals surface area contributed by atoms with Crippen molar-refractivity contribution >= 4 is 34.6 Å². The Balaban J connectivity index is 0.00000113. The Kier molecular flexibility index (Phi) is 11.6. The van der Waals surface area contributed by atoms with Crippen LogP contribution in [0.25, 0.3) is 5.65 Å². The molecule has 1 unspecified atom stereocenters. The van der Waals surface area contributed by atoms with E-state index in [1.807, 2.05) is 64.2 Å². The molecule has 0 saturated carbocycles. The molecular formula is C36H49N7O3. The van der Waals surface area contributed by atoms with E-state index in [2.05, 4.69) is 52.3 Å². The average molecular weight is 628 g/mol. The number of aromatic nitrogens is 4. The van der Waals surface area contributed by atoms with E-state index in [0.29, 0.717) is 11.4 Å². The average Bonchev–Trinajstić information content (AvgIpc) is 3.53. The molecule has 0 aliphatic carbocycles. The predicted molar refractivity (Wildman–Crippen MR) is 186 cm³/mol. The Morgan fingerprint density at radius 1 is 1.11 bits per heavy atom. The van der Waals surface area contributed by atoms with Gasteiger partial charge in [0.1, 0.15) is 17.2 Å². The van der Waals surface area contributed by atoms with Crippen LogP contribution in [0.4, 0.5) is 23.0 Å². The predicted octanol–water partition coefficient (Wildman–Crippen LogP) is 8.18. The van der Waals surface area contributed by atoms with Crippen LogP contribution in [0.15, 0.2) is 66.6 Å². The van der Waals surface area contributed by atoms with Crippen molar-refractivity contribution in [3.05, 3.63) is 77.9 Å². The molecule has 1 aliphatic heterocycles. The molecule has 1 aliphatic rings. The van der Waals surface area contributed by atoms with E-state index in [1.165, 1.54) is 12.8 Å². The zero-order valence-corrected chi connectivity index (χ0v) is 28.6. The number of aryl methyl sites for hydroxylation is 1. The van der Waals surface area contributed by atoms with Gasteiger partial charge in [-0.25, -0.2) is 19.3 Å². The minimum absolute atomic E-state index is 0.289. The number of carbonyl (C=O) groups excluding carboxylic acids is 1. The summed E-state index contributed by atoms with van der Waals surface area (Å²) in [5, 5.41) is 11.9. The third kappa shape index (κ3) is 8.99. The van der Waals surface area contributed by atoms with Crippen LogP contribution < -0.4 is 20.3 Å². The van der Waals surface area contributed by atoms with Crippen molar-refractivity contribution in [2.45, 2.75) is 79.8 Å². The summed E-state index contributed by atoms with van der Waals surface area (Å²) in [5.41, 5.74) is 4.45. The Morgan fingerprint density at radius 2 is 1.85 bits per heavy atom. The van der Waals surface area contributed by atoms with Crippen LogP contribution in [-0.2, 0) is 4.74 Å². The van der Waals surface area contributed by atoms with Gasteiger partial charge in [0, 0.05) is 48.9 Å². The molecule has 5 rings (SSSR count). The molecule has 4 aromatic rings. The lowest BCUT2D eigenvalue weighted by atomic mass is 9.94. The zero-order chi connectivity index (χ0) is 33.3. The summed E-state index contributed by atoms with van der Waals surface area (Å²) in [5.74, 6) is 2.29. The molecule has 1 atom stereocenters. The summed E-state index contributed by atoms with van der Waals surface area (Å²) in [6, 6.07) is 13.3. The van der Waals surface area contributed by atoms with Crippen molar-refractivity contribution in [3.63, 3.8) is 0 Å². The number of allylic oxidation sites excluding steroid dienone is 1. The maximum Gasteiger partial charge on any atom is 0.338 e. The highest BCUT2D eigenvalue weighted by atomic mass is 16.6. The molecule has 0 radical (unpaired) electrons. The fraction of sp³-hybridized carbons (Fsp3) is 0.444. The van der Waals surface area contributed by atoms with Gasteiger partial charge in [-0.15, -0.1) is 5.10 Å². The first kappa shape index (κ1) is 34.3. The summed E-state index contributed by atoms with van der Waals surface area (Å²) in [7, 11) is 1.64. The Labute approximate surface area is 273 Å². The summed E-state index contributed by atoms with van der Waals surface area (Å²) in [6.07, 6.45) is 10.5. The maximum absolute atomic E-state index is 12.4. The van der Waals surface area contributed by atoms with Gasteiger partial charge in [-0.1, -0.05) is 32.8 Å². The van der Waals surface area contributed by atoms with Gasteiger partial charge in [-0.2, -0.15) is 0 Å². The number of piperidine rings is 1. The van der Waals surface area contributed by atoms with E-state index in [4.69, 9.17) is 14.6 Å². The number of carbonyl (C=O) groups is 1. The molecule has 1 fully saturated rings. The first-order valence-electron chi connectivity index (χ1n) is 16.2. The molecule has 246 valence electrons. The number of methoxy groups -OCH3 is 1. The lowest BCUT2D eigenvalue weighted by molar-refractivity contribution is 0.00695. The first-order valence-corrected chi connectivity index (χ1v) is 16.2. The van der Waals surface area contributed by atoms with Gasteiger partial charge in [-0.3, -0.25) is 0 Å². The fourth-order valence-corrected chi connectivity index (χ4v) is 5.16. The second-order valence-corrected chi connectivity index (χ2v) is 12.5. The summed E-state index contributed by atoms with van der Waals surface area (Å²) < 4.78 is 12.7. The molecule has 0 spiro atoms. The minimum Gasteiger partial charge on any atom is -0.495 e. The number of anilines is 4. The number of imidazole rings is 1. The highest BCUT2D eigenvalue weighted by Gasteiger charge is 2.25. The normalized spacial score (nSPS) is 15.2. The molecule has 10 nitrogen and oxygen atoms in total. The molecule has 0 bridgehead atoms. The first-order chi connectivity index (χ1) is 22.0. The summed E-state index contributed by atoms with van der Waals surface area (Å²) >= 11 is 0. The number of nitrogens with one attached hydrogen (secondary N) is 2. The minimum atomic E-state index is -0.529. The third-order valence-electron chi connectivity index (χ3n) is 7.67. The van der Waals surface area contributed by atoms with Gasteiger partial charge in [0.25, 0.3) is 0 Å². The molecule has 4 heterocycles. The number of nitrogens with zero attached hydrogens (tertiary/aromatic N) is 5. The molecule has 1 saturated heterocycles. The van der Waals surface area contributed by atoms with Crippen molar-refractivity contribution in [2.75, 3.05) is 35.7 Å². The fourth-order valence-electron chi connectivity index (χ4n) is 5.16. The summed E-state index contributed by atoms with van der Waals surface area (Å²) in [6.45, 7) is 15.7. The van der Waals surface area contributed by atoms with Gasteiger partial charge in [0.05, 0.1) is 24.1 Å². The molecule has 46 heavy (non-hydrogen) atoms. The monoisotopic (exact) mass is 627 g/mol. The van der Waals surface area contributed by atoms with Gasteiger partial charge in [-0.05, 0) is 83.9 Å². The topological polar surface area (TPSA) is 106 Å². The Bertz CT molecular complexity index is 1620. The number of rotatable bonds is 9. The van der Waals surface area contributed by atoms with Crippen LogP contribution in [0.3, 0.4) is 0 Å². The molecule has 10 heteroatoms. The van der Waals surface area contributed by atoms with Gasteiger partial charge >= 0.3 is 5.97 Å². The van der Waals surface area contributed by atoms with Crippen molar-refractivity contribution in [1.29, 1.82) is 0 Å². The van der Waals surface area contributed by atoms with Crippen LogP contribution >= 0.6 is 0 Å². The second kappa shape index (κ2) is 15.6. The SMILES string of the molecule is CC=C(Nc1ccc(C(=O)OC(C)(C)C)cc1)C1CCCN(c2cc(Nc3ccc(OC)c(C)n3)c3nccn3n2)C1.CCCC. The van der Waals surface area contributed by atoms with E-state index in [0.717, 1.165) is 65.9 Å². The van der Waals surface area contributed by atoms with Crippen molar-refractivity contribution in [1.82, 2.24) is 19.6 Å². The number of hydrogen-bond donors (Lipinski definition) is 2. The Hall–Kier alpha value is -4.60. The lowest BCUT2D eigenvalue weighted by Crippen LogP contribution is -2.38. The van der Waals surface area contributed by atoms with Gasteiger partial charge in [0.2, 0.25) is 0 Å². The number of pyridine rings is 1. The van der Waals surface area contributed by atoms with E-state index in [9.17, 15) is 4.79 Å². The van der Waals surface area contributed by atoms with Crippen LogP contribution in [0, 0.1) is 12.8 Å². The van der Waals surface area contributed by atoms with Crippen molar-refractivity contribution in [3.8, 4) is 5.75 Å². The number of benzene rings is 1. The lowest BCUT2D eigenvalue weighted by Gasteiger charge is -2.35. The number of ether oxygens (including phenoxy) is 2. The van der Waals surface area contributed by atoms with E-state index < -0.39 is 5.60 Å². The van der Waals surface area contributed by atoms with E-state index >= 15 is 0 Å². The largest absolute Gasteiger partial charge is 0.495 e. The number of hydrogen-bond acceptors (Lipinski definition) is 9. The third-order valence-corrected chi connectivity index (χ3v) is 7.67. The highest BCUT2D eigenvalue weighted by Crippen LogP contribution is 2.31. The van der Waals surface area contributed by atoms with Crippen molar-refractivity contribution in [2.24, 2.45) is 5.92 Å². The quantitative estimate of drug-likeness (QED) is 0.178. The standard InChI is InChI=1S/C32H39N7O3.C4H10/c1-7-25(35-24-12-10-22(11-13-24)31(40)42-32(3,4)5)23-9-8-17-38(20-23)29-19-26(30-33-16-18-39(30)37-29)36-28-15-14-27(41-6)21(2)34-28;1-3-4-2/h7,10-16,18-19,23,35H,8-9,17,20H2,1-6H3,(H,34,36);3-4H2,1-2H3. The van der Waals surface area contributed by atoms with Crippen LogP contribution in [-0.4, -0.2) is 51.4 Å². The maximum atomic E-state index is 12.4. The number of esters is 1. The van der Waals surface area contributed by atoms with Crippen molar-refractivity contribution < 1.29 is 14.3 Å². The van der Waals surface area contributed by atoms with Crippen LogP contribution in [0.1, 0.15) is 83.3 Å². The zero-order valence-electron chi connectivity index (χ0n) is 28.6. The van der Waals surface area contributed by atoms with Crippen LogP contribution in [0.5, 0.6) is 5.75 Å².